The van der Waals surface area contributed by atoms with Gasteiger partial charge in [0.1, 0.15) is 29.9 Å². The number of aliphatic hydroxyl groups is 3. The van der Waals surface area contributed by atoms with Crippen LogP contribution in [0.3, 0.4) is 0 Å². The number of hydrogen-bond acceptors (Lipinski definition) is 6. The molecule has 2 aliphatic rings. The summed E-state index contributed by atoms with van der Waals surface area (Å²) in [6.07, 6.45) is 5.74. The van der Waals surface area contributed by atoms with Gasteiger partial charge in [-0.3, -0.25) is 0 Å². The highest BCUT2D eigenvalue weighted by Gasteiger charge is 2.47. The van der Waals surface area contributed by atoms with E-state index in [9.17, 15) is 19.5 Å². The molecule has 2 rings (SSSR count). The predicted octanol–water partition coefficient (Wildman–Crippen LogP) is 0.299. The van der Waals surface area contributed by atoms with Gasteiger partial charge in [-0.25, -0.2) is 8.93 Å². The number of allylic oxidation sites excluding steroid dienone is 1. The van der Waals surface area contributed by atoms with Gasteiger partial charge in [-0.15, -0.1) is 18.2 Å². The van der Waals surface area contributed by atoms with Crippen molar-refractivity contribution in [1.29, 1.82) is 0 Å². The SMILES string of the molecule is C#C[C@@H]1C/C=C\C[C@@H](N[S@](=O)C(C)(C)C)[C@H]2OC(S1)[C@H](O)[C@H](O)C2O. The quantitative estimate of drug-likeness (QED) is 0.401. The molecule has 0 radical (unpaired) electrons. The highest BCUT2D eigenvalue weighted by atomic mass is 32.2. The van der Waals surface area contributed by atoms with Crippen LogP contribution in [-0.2, 0) is 15.7 Å². The molecule has 0 aliphatic carbocycles. The third-order valence-corrected chi connectivity index (χ3v) is 7.15. The van der Waals surface area contributed by atoms with Gasteiger partial charge >= 0.3 is 0 Å². The molecule has 0 amide bonds. The first-order valence-corrected chi connectivity index (χ1v) is 10.4. The van der Waals surface area contributed by atoms with Gasteiger partial charge in [-0.1, -0.05) is 18.1 Å². The van der Waals surface area contributed by atoms with Crippen LogP contribution in [0.4, 0.5) is 0 Å². The molecule has 0 spiro atoms. The van der Waals surface area contributed by atoms with Crippen molar-refractivity contribution >= 4 is 22.7 Å². The molecule has 1 saturated heterocycles. The van der Waals surface area contributed by atoms with Crippen molar-refractivity contribution in [3.63, 3.8) is 0 Å². The first-order chi connectivity index (χ1) is 11.6. The fourth-order valence-corrected chi connectivity index (χ4v) is 4.67. The van der Waals surface area contributed by atoms with E-state index in [0.29, 0.717) is 12.8 Å². The highest BCUT2D eigenvalue weighted by Crippen LogP contribution is 2.34. The smallest absolute Gasteiger partial charge is 0.133 e. The van der Waals surface area contributed by atoms with E-state index in [4.69, 9.17) is 11.2 Å². The van der Waals surface area contributed by atoms with Crippen LogP contribution in [0.1, 0.15) is 33.6 Å². The lowest BCUT2D eigenvalue weighted by molar-refractivity contribution is -0.203. The van der Waals surface area contributed by atoms with Gasteiger partial charge < -0.3 is 20.1 Å². The van der Waals surface area contributed by atoms with Gasteiger partial charge in [-0.2, -0.15) is 0 Å². The monoisotopic (exact) mass is 389 g/mol. The molecule has 8 atom stereocenters. The molecule has 0 aromatic carbocycles. The number of rotatable bonds is 2. The summed E-state index contributed by atoms with van der Waals surface area (Å²) in [7, 11) is -1.37. The summed E-state index contributed by atoms with van der Waals surface area (Å²) in [5.74, 6) is 2.65. The molecular formula is C17H27NO5S2. The number of nitrogens with one attached hydrogen (secondary N) is 1. The number of ether oxygens (including phenoxy) is 1. The summed E-state index contributed by atoms with van der Waals surface area (Å²) in [6.45, 7) is 5.54. The Hall–Kier alpha value is -0.400. The number of thioether (sulfide) groups is 1. The fraction of sp³-hybridized carbons (Fsp3) is 0.765. The fourth-order valence-electron chi connectivity index (χ4n) is 2.67. The number of aliphatic hydroxyl groups excluding tert-OH is 3. The molecular weight excluding hydrogens is 362 g/mol. The molecule has 6 nitrogen and oxygen atoms in total. The van der Waals surface area contributed by atoms with Crippen molar-refractivity contribution in [3.05, 3.63) is 12.2 Å². The van der Waals surface area contributed by atoms with E-state index in [1.54, 1.807) is 0 Å². The van der Waals surface area contributed by atoms with Gasteiger partial charge in [0.05, 0.1) is 27.0 Å². The van der Waals surface area contributed by atoms with Gasteiger partial charge in [0.2, 0.25) is 0 Å². The first-order valence-electron chi connectivity index (χ1n) is 8.29. The summed E-state index contributed by atoms with van der Waals surface area (Å²) in [5.41, 5.74) is -0.761. The molecule has 2 bridgehead atoms. The Morgan fingerprint density at radius 3 is 2.44 bits per heavy atom. The van der Waals surface area contributed by atoms with Gasteiger partial charge in [0.25, 0.3) is 0 Å². The van der Waals surface area contributed by atoms with Crippen LogP contribution in [-0.4, -0.2) is 65.4 Å². The van der Waals surface area contributed by atoms with Gasteiger partial charge in [0, 0.05) is 0 Å². The zero-order valence-corrected chi connectivity index (χ0v) is 16.3. The molecule has 0 aromatic rings. The van der Waals surface area contributed by atoms with Crippen LogP contribution in [0.2, 0.25) is 0 Å². The number of fused-ring (bicyclic) bond motifs is 2. The molecule has 8 heteroatoms. The minimum absolute atomic E-state index is 0.202. The third kappa shape index (κ3) is 5.07. The average Bonchev–Trinajstić information content (AvgIpc) is 2.55. The molecule has 4 N–H and O–H groups in total. The second-order valence-electron chi connectivity index (χ2n) is 7.28. The predicted molar refractivity (Wildman–Crippen MR) is 100 cm³/mol. The van der Waals surface area contributed by atoms with Crippen molar-refractivity contribution in [2.75, 3.05) is 0 Å². The number of hydrogen-bond donors (Lipinski definition) is 4. The highest BCUT2D eigenvalue weighted by molar-refractivity contribution is 8.00. The van der Waals surface area contributed by atoms with Crippen molar-refractivity contribution in [2.45, 2.75) is 79.5 Å². The van der Waals surface area contributed by atoms with Crippen molar-refractivity contribution in [3.8, 4) is 12.3 Å². The van der Waals surface area contributed by atoms with E-state index < -0.39 is 51.6 Å². The maximum absolute atomic E-state index is 12.5. The Bertz CT molecular complexity index is 556. The third-order valence-electron chi connectivity index (χ3n) is 4.21. The zero-order chi connectivity index (χ0) is 18.8. The molecule has 142 valence electrons. The Kier molecular flexibility index (Phi) is 7.13. The Labute approximate surface area is 156 Å². The summed E-state index contributed by atoms with van der Waals surface area (Å²) in [4.78, 5) is 0. The molecule has 0 aromatic heterocycles. The van der Waals surface area contributed by atoms with Crippen LogP contribution < -0.4 is 4.72 Å². The van der Waals surface area contributed by atoms with E-state index in [2.05, 4.69) is 10.6 Å². The van der Waals surface area contributed by atoms with E-state index in [-0.39, 0.29) is 5.25 Å². The first kappa shape index (κ1) is 20.9. The van der Waals surface area contributed by atoms with Crippen molar-refractivity contribution < 1.29 is 24.3 Å². The largest absolute Gasteiger partial charge is 0.388 e. The minimum Gasteiger partial charge on any atom is -0.388 e. The second kappa shape index (κ2) is 8.53. The van der Waals surface area contributed by atoms with Crippen LogP contribution in [0.25, 0.3) is 0 Å². The van der Waals surface area contributed by atoms with Crippen LogP contribution in [0.15, 0.2) is 12.2 Å². The topological polar surface area (TPSA) is 99.0 Å². The maximum Gasteiger partial charge on any atom is 0.133 e. The summed E-state index contributed by atoms with van der Waals surface area (Å²) >= 11 is 1.25. The minimum atomic E-state index is -1.37. The lowest BCUT2D eigenvalue weighted by Crippen LogP contribution is -2.63. The Balaban J connectivity index is 2.29. The van der Waals surface area contributed by atoms with Crippen LogP contribution in [0.5, 0.6) is 0 Å². The molecule has 2 unspecified atom stereocenters. The molecule has 0 saturated carbocycles. The van der Waals surface area contributed by atoms with E-state index >= 15 is 0 Å². The molecule has 2 heterocycles. The Morgan fingerprint density at radius 1 is 1.20 bits per heavy atom. The standard InChI is InChI=1S/C17H27NO5S2/c1-5-10-8-6-7-9-11(18-25(22)17(2,3)4)15-13(20)12(19)14(21)16(23-15)24-10/h1,6-7,10-16,18-21H,8-9H2,2-4H3/b7-6-/t10-,11-,12-,13?,14-,15-,16?,25-/m1/s1. The van der Waals surface area contributed by atoms with Crippen molar-refractivity contribution in [2.24, 2.45) is 0 Å². The number of terminal acetylenes is 1. The summed E-state index contributed by atoms with van der Waals surface area (Å²) in [6, 6.07) is -0.473. The Morgan fingerprint density at radius 2 is 1.84 bits per heavy atom. The average molecular weight is 390 g/mol. The summed E-state index contributed by atoms with van der Waals surface area (Å²) in [5, 5.41) is 30.7. The van der Waals surface area contributed by atoms with Crippen LogP contribution >= 0.6 is 11.8 Å². The van der Waals surface area contributed by atoms with E-state index in [0.717, 1.165) is 0 Å². The van der Waals surface area contributed by atoms with E-state index in [1.807, 2.05) is 32.9 Å². The van der Waals surface area contributed by atoms with Crippen LogP contribution in [0, 0.1) is 12.3 Å². The lowest BCUT2D eigenvalue weighted by atomic mass is 9.93. The molecule has 1 fully saturated rings. The van der Waals surface area contributed by atoms with E-state index in [1.165, 1.54) is 11.8 Å². The normalized spacial score (nSPS) is 42.2. The zero-order valence-electron chi connectivity index (χ0n) is 14.7. The maximum atomic E-state index is 12.5. The van der Waals surface area contributed by atoms with Gasteiger partial charge in [0.15, 0.2) is 0 Å². The second-order valence-corrected chi connectivity index (χ2v) is 10.6. The van der Waals surface area contributed by atoms with Crippen molar-refractivity contribution in [1.82, 2.24) is 4.72 Å². The summed E-state index contributed by atoms with van der Waals surface area (Å²) < 4.78 is 20.9. The lowest BCUT2D eigenvalue weighted by Gasteiger charge is -2.44. The molecule has 2 aliphatic heterocycles. The van der Waals surface area contributed by atoms with Gasteiger partial charge in [-0.05, 0) is 33.6 Å². The molecule has 25 heavy (non-hydrogen) atoms.